The smallest absolute Gasteiger partial charge is 0.161 e. The number of alkyl halides is 2. The summed E-state index contributed by atoms with van der Waals surface area (Å²) in [5.74, 6) is 0.370. The molecule has 0 unspecified atom stereocenters. The molecule has 62 valence electrons. The third-order valence-corrected chi connectivity index (χ3v) is 2.91. The predicted molar refractivity (Wildman–Crippen MR) is 48.9 cm³/mol. The van der Waals surface area contributed by atoms with E-state index in [0.29, 0.717) is 5.92 Å². The van der Waals surface area contributed by atoms with Crippen molar-refractivity contribution in [2.24, 2.45) is 5.92 Å². The van der Waals surface area contributed by atoms with Crippen LogP contribution in [-0.4, -0.2) is 31.2 Å². The minimum absolute atomic E-state index is 0.112. The molecule has 0 aromatic carbocycles. The Bertz CT molecular complexity index is 62.1. The monoisotopic (exact) mass is 274 g/mol. The van der Waals surface area contributed by atoms with Crippen molar-refractivity contribution in [1.29, 1.82) is 0 Å². The molecule has 0 aromatic rings. The Morgan fingerprint density at radius 2 is 1.50 bits per heavy atom. The molecule has 0 heterocycles. The minimum atomic E-state index is -0.112. The summed E-state index contributed by atoms with van der Waals surface area (Å²) in [4.78, 5) is 0. The first kappa shape index (κ1) is 10.9. The van der Waals surface area contributed by atoms with E-state index in [4.69, 9.17) is 9.47 Å². The van der Waals surface area contributed by atoms with Crippen molar-refractivity contribution in [1.82, 2.24) is 0 Å². The molecular weight excluding hydrogens is 264 g/mol. The fourth-order valence-corrected chi connectivity index (χ4v) is 2.35. The maximum absolute atomic E-state index is 5.06. The second-order valence-corrected chi connectivity index (χ2v) is 3.20. The number of hydrogen-bond donors (Lipinski definition) is 0. The van der Waals surface area contributed by atoms with E-state index in [1.807, 2.05) is 0 Å². The van der Waals surface area contributed by atoms with E-state index in [1.165, 1.54) is 0 Å². The van der Waals surface area contributed by atoms with Gasteiger partial charge in [0, 0.05) is 30.8 Å². The van der Waals surface area contributed by atoms with Gasteiger partial charge in [-0.25, -0.2) is 0 Å². The number of methoxy groups -OCH3 is 2. The topological polar surface area (TPSA) is 18.5 Å². The van der Waals surface area contributed by atoms with Crippen LogP contribution in [0.4, 0.5) is 0 Å². The molecule has 0 N–H and O–H groups in total. The average molecular weight is 276 g/mol. The van der Waals surface area contributed by atoms with Gasteiger partial charge < -0.3 is 9.47 Å². The van der Waals surface area contributed by atoms with Crippen molar-refractivity contribution >= 4 is 31.9 Å². The Morgan fingerprint density at radius 3 is 1.60 bits per heavy atom. The molecule has 0 aromatic heterocycles. The zero-order valence-corrected chi connectivity index (χ0v) is 9.31. The molecule has 0 aliphatic rings. The Balaban J connectivity index is 3.70. The SMILES string of the molecule is COC(OC)C(CBr)CBr. The van der Waals surface area contributed by atoms with Crippen LogP contribution in [0.25, 0.3) is 0 Å². The second-order valence-electron chi connectivity index (χ2n) is 1.91. The van der Waals surface area contributed by atoms with Crippen LogP contribution < -0.4 is 0 Å². The summed E-state index contributed by atoms with van der Waals surface area (Å²) in [6.07, 6.45) is -0.112. The molecule has 0 radical (unpaired) electrons. The summed E-state index contributed by atoms with van der Waals surface area (Å²) in [6, 6.07) is 0. The lowest BCUT2D eigenvalue weighted by Crippen LogP contribution is -2.27. The molecule has 0 atom stereocenters. The van der Waals surface area contributed by atoms with E-state index < -0.39 is 0 Å². The highest BCUT2D eigenvalue weighted by atomic mass is 79.9. The molecule has 0 saturated carbocycles. The van der Waals surface area contributed by atoms with Crippen molar-refractivity contribution < 1.29 is 9.47 Å². The Kier molecular flexibility index (Phi) is 7.16. The molecule has 0 amide bonds. The first-order valence-electron chi connectivity index (χ1n) is 2.97. The van der Waals surface area contributed by atoms with E-state index in [0.717, 1.165) is 10.7 Å². The van der Waals surface area contributed by atoms with Gasteiger partial charge in [-0.05, 0) is 0 Å². The molecule has 2 nitrogen and oxygen atoms in total. The van der Waals surface area contributed by atoms with Crippen molar-refractivity contribution in [3.8, 4) is 0 Å². The van der Waals surface area contributed by atoms with Crippen LogP contribution in [0, 0.1) is 5.92 Å². The van der Waals surface area contributed by atoms with Gasteiger partial charge in [0.2, 0.25) is 0 Å². The highest BCUT2D eigenvalue weighted by molar-refractivity contribution is 9.09. The first-order chi connectivity index (χ1) is 4.79. The molecular formula is C6H12Br2O2. The van der Waals surface area contributed by atoms with Gasteiger partial charge in [-0.2, -0.15) is 0 Å². The summed E-state index contributed by atoms with van der Waals surface area (Å²) < 4.78 is 10.1. The first-order valence-corrected chi connectivity index (χ1v) is 5.22. The molecule has 0 fully saturated rings. The lowest BCUT2D eigenvalue weighted by atomic mass is 10.2. The minimum Gasteiger partial charge on any atom is -0.356 e. The zero-order chi connectivity index (χ0) is 7.98. The van der Waals surface area contributed by atoms with Crippen LogP contribution >= 0.6 is 31.9 Å². The zero-order valence-electron chi connectivity index (χ0n) is 6.14. The highest BCUT2D eigenvalue weighted by Crippen LogP contribution is 2.13. The summed E-state index contributed by atoms with van der Waals surface area (Å²) in [6.45, 7) is 0. The number of hydrogen-bond acceptors (Lipinski definition) is 2. The van der Waals surface area contributed by atoms with Crippen molar-refractivity contribution in [3.63, 3.8) is 0 Å². The fraction of sp³-hybridized carbons (Fsp3) is 1.00. The molecule has 0 spiro atoms. The van der Waals surface area contributed by atoms with Gasteiger partial charge in [0.05, 0.1) is 0 Å². The van der Waals surface area contributed by atoms with E-state index >= 15 is 0 Å². The van der Waals surface area contributed by atoms with Crippen LogP contribution in [0.1, 0.15) is 0 Å². The van der Waals surface area contributed by atoms with Gasteiger partial charge in [0.15, 0.2) is 6.29 Å². The quantitative estimate of drug-likeness (QED) is 0.565. The Morgan fingerprint density at radius 1 is 1.10 bits per heavy atom. The molecule has 0 saturated heterocycles. The third kappa shape index (κ3) is 3.32. The third-order valence-electron chi connectivity index (χ3n) is 1.25. The summed E-state index contributed by atoms with van der Waals surface area (Å²) >= 11 is 6.74. The molecule has 10 heavy (non-hydrogen) atoms. The number of rotatable bonds is 5. The molecule has 0 aliphatic heterocycles. The van der Waals surface area contributed by atoms with Crippen LogP contribution in [-0.2, 0) is 9.47 Å². The van der Waals surface area contributed by atoms with Crippen LogP contribution in [0.15, 0.2) is 0 Å². The molecule has 0 bridgehead atoms. The Labute approximate surface area is 78.5 Å². The van der Waals surface area contributed by atoms with Crippen LogP contribution in [0.3, 0.4) is 0 Å². The van der Waals surface area contributed by atoms with E-state index in [1.54, 1.807) is 14.2 Å². The predicted octanol–water partition coefficient (Wildman–Crippen LogP) is 2.01. The highest BCUT2D eigenvalue weighted by Gasteiger charge is 2.17. The summed E-state index contributed by atoms with van der Waals surface area (Å²) in [5, 5.41) is 1.76. The van der Waals surface area contributed by atoms with Gasteiger partial charge >= 0.3 is 0 Å². The molecule has 0 rings (SSSR count). The second kappa shape index (κ2) is 6.58. The van der Waals surface area contributed by atoms with Gasteiger partial charge in [0.25, 0.3) is 0 Å². The molecule has 4 heteroatoms. The fourth-order valence-electron chi connectivity index (χ4n) is 0.668. The molecule has 0 aliphatic carbocycles. The van der Waals surface area contributed by atoms with Crippen molar-refractivity contribution in [2.45, 2.75) is 6.29 Å². The number of halogens is 2. The van der Waals surface area contributed by atoms with Gasteiger partial charge in [0.1, 0.15) is 0 Å². The summed E-state index contributed by atoms with van der Waals surface area (Å²) in [5.41, 5.74) is 0. The normalized spacial score (nSPS) is 11.4. The average Bonchev–Trinajstić information content (AvgIpc) is 2.00. The van der Waals surface area contributed by atoms with E-state index in [-0.39, 0.29) is 6.29 Å². The van der Waals surface area contributed by atoms with E-state index in [9.17, 15) is 0 Å². The van der Waals surface area contributed by atoms with Gasteiger partial charge in [-0.1, -0.05) is 31.9 Å². The van der Waals surface area contributed by atoms with Crippen LogP contribution in [0.2, 0.25) is 0 Å². The lowest BCUT2D eigenvalue weighted by molar-refractivity contribution is -0.126. The van der Waals surface area contributed by atoms with Gasteiger partial charge in [-0.3, -0.25) is 0 Å². The van der Waals surface area contributed by atoms with Gasteiger partial charge in [-0.15, -0.1) is 0 Å². The Hall–Kier alpha value is 0.880. The van der Waals surface area contributed by atoms with Crippen molar-refractivity contribution in [3.05, 3.63) is 0 Å². The summed E-state index contributed by atoms with van der Waals surface area (Å²) in [7, 11) is 3.29. The number of ether oxygens (including phenoxy) is 2. The van der Waals surface area contributed by atoms with E-state index in [2.05, 4.69) is 31.9 Å². The maximum Gasteiger partial charge on any atom is 0.161 e. The standard InChI is InChI=1S/C6H12Br2O2/c1-9-6(10-2)5(3-7)4-8/h5-6H,3-4H2,1-2H3. The largest absolute Gasteiger partial charge is 0.356 e. The maximum atomic E-state index is 5.06. The van der Waals surface area contributed by atoms with Crippen LogP contribution in [0.5, 0.6) is 0 Å². The lowest BCUT2D eigenvalue weighted by Gasteiger charge is -2.20. The van der Waals surface area contributed by atoms with Crippen molar-refractivity contribution in [2.75, 3.05) is 24.9 Å².